The van der Waals surface area contributed by atoms with E-state index in [0.29, 0.717) is 6.04 Å². The predicted octanol–water partition coefficient (Wildman–Crippen LogP) is 2.03. The highest BCUT2D eigenvalue weighted by Crippen LogP contribution is 2.31. The number of aryl methyl sites for hydroxylation is 1. The summed E-state index contributed by atoms with van der Waals surface area (Å²) in [6.07, 6.45) is 2.01. The summed E-state index contributed by atoms with van der Waals surface area (Å²) < 4.78 is 0. The quantitative estimate of drug-likeness (QED) is 0.791. The minimum Gasteiger partial charge on any atom is -0.392 e. The van der Waals surface area contributed by atoms with Crippen LogP contribution in [0.1, 0.15) is 37.4 Å². The van der Waals surface area contributed by atoms with E-state index in [4.69, 9.17) is 0 Å². The van der Waals surface area contributed by atoms with Crippen molar-refractivity contribution in [2.45, 2.75) is 44.9 Å². The van der Waals surface area contributed by atoms with Crippen molar-refractivity contribution in [3.63, 3.8) is 0 Å². The molecule has 0 radical (unpaired) electrons. The third kappa shape index (κ3) is 2.21. The van der Waals surface area contributed by atoms with Crippen molar-refractivity contribution in [1.82, 2.24) is 5.32 Å². The molecular formula is C13H19NO. The minimum atomic E-state index is -0.294. The second kappa shape index (κ2) is 4.33. The Hall–Kier alpha value is -0.860. The normalized spacial score (nSPS) is 23.5. The number of hydrogen-bond acceptors (Lipinski definition) is 2. The van der Waals surface area contributed by atoms with Gasteiger partial charge in [0.2, 0.25) is 0 Å². The van der Waals surface area contributed by atoms with Crippen LogP contribution in [0.4, 0.5) is 0 Å². The van der Waals surface area contributed by atoms with Crippen molar-refractivity contribution in [2.24, 2.45) is 0 Å². The zero-order valence-electron chi connectivity index (χ0n) is 9.40. The van der Waals surface area contributed by atoms with E-state index in [-0.39, 0.29) is 12.1 Å². The maximum Gasteiger partial charge on any atom is 0.0662 e. The number of fused-ring (bicyclic) bond motifs is 1. The molecule has 0 aliphatic heterocycles. The van der Waals surface area contributed by atoms with Gasteiger partial charge in [-0.2, -0.15) is 0 Å². The molecule has 1 aromatic carbocycles. The number of aliphatic hydroxyl groups is 1. The highest BCUT2D eigenvalue weighted by molar-refractivity contribution is 5.34. The lowest BCUT2D eigenvalue weighted by molar-refractivity contribution is 0.145. The van der Waals surface area contributed by atoms with Crippen LogP contribution in [0, 0.1) is 0 Å². The molecular weight excluding hydrogens is 186 g/mol. The fraction of sp³-hybridized carbons (Fsp3) is 0.538. The molecule has 0 aromatic heterocycles. The first kappa shape index (κ1) is 10.7. The first-order valence-corrected chi connectivity index (χ1v) is 5.70. The van der Waals surface area contributed by atoms with Crippen molar-refractivity contribution in [3.8, 4) is 0 Å². The molecule has 3 unspecified atom stereocenters. The smallest absolute Gasteiger partial charge is 0.0662 e. The van der Waals surface area contributed by atoms with Crippen LogP contribution in [-0.4, -0.2) is 17.3 Å². The average Bonchev–Trinajstić information content (AvgIpc) is 2.62. The van der Waals surface area contributed by atoms with Gasteiger partial charge in [-0.15, -0.1) is 0 Å². The lowest BCUT2D eigenvalue weighted by atomic mass is 10.1. The standard InChI is InChI=1S/C13H19NO/c1-9(10(2)15)14-13-8-7-11-5-3-4-6-12(11)13/h3-6,9-10,13-15H,7-8H2,1-2H3. The molecule has 15 heavy (non-hydrogen) atoms. The Morgan fingerprint density at radius 3 is 2.80 bits per heavy atom. The van der Waals surface area contributed by atoms with Gasteiger partial charge < -0.3 is 10.4 Å². The van der Waals surface area contributed by atoms with Crippen molar-refractivity contribution in [3.05, 3.63) is 35.4 Å². The number of hydrogen-bond donors (Lipinski definition) is 2. The van der Waals surface area contributed by atoms with Crippen LogP contribution >= 0.6 is 0 Å². The molecule has 0 bridgehead atoms. The first-order chi connectivity index (χ1) is 7.18. The van der Waals surface area contributed by atoms with Gasteiger partial charge in [-0.05, 0) is 37.8 Å². The van der Waals surface area contributed by atoms with Crippen LogP contribution in [0.3, 0.4) is 0 Å². The Morgan fingerprint density at radius 1 is 1.33 bits per heavy atom. The Bertz CT molecular complexity index is 335. The summed E-state index contributed by atoms with van der Waals surface area (Å²) >= 11 is 0. The molecule has 1 aliphatic rings. The Morgan fingerprint density at radius 2 is 2.07 bits per heavy atom. The van der Waals surface area contributed by atoms with Crippen molar-refractivity contribution in [2.75, 3.05) is 0 Å². The summed E-state index contributed by atoms with van der Waals surface area (Å²) in [5.41, 5.74) is 2.86. The van der Waals surface area contributed by atoms with Gasteiger partial charge in [0, 0.05) is 12.1 Å². The van der Waals surface area contributed by atoms with Crippen LogP contribution in [0.15, 0.2) is 24.3 Å². The molecule has 1 aromatic rings. The third-order valence-electron chi connectivity index (χ3n) is 3.32. The lowest BCUT2D eigenvalue weighted by Gasteiger charge is -2.22. The minimum absolute atomic E-state index is 0.154. The van der Waals surface area contributed by atoms with Crippen LogP contribution in [0.2, 0.25) is 0 Å². The van der Waals surface area contributed by atoms with Gasteiger partial charge in [-0.1, -0.05) is 24.3 Å². The van der Waals surface area contributed by atoms with Gasteiger partial charge in [0.05, 0.1) is 6.10 Å². The molecule has 0 amide bonds. The van der Waals surface area contributed by atoms with Gasteiger partial charge >= 0.3 is 0 Å². The summed E-state index contributed by atoms with van der Waals surface area (Å²) in [6, 6.07) is 9.15. The van der Waals surface area contributed by atoms with Crippen molar-refractivity contribution >= 4 is 0 Å². The molecule has 0 saturated carbocycles. The largest absolute Gasteiger partial charge is 0.392 e. The Balaban J connectivity index is 2.08. The van der Waals surface area contributed by atoms with Crippen molar-refractivity contribution in [1.29, 1.82) is 0 Å². The van der Waals surface area contributed by atoms with Gasteiger partial charge in [-0.3, -0.25) is 0 Å². The van der Waals surface area contributed by atoms with E-state index in [9.17, 15) is 5.11 Å². The summed E-state index contributed by atoms with van der Waals surface area (Å²) in [5, 5.41) is 13.0. The van der Waals surface area contributed by atoms with Gasteiger partial charge in [0.1, 0.15) is 0 Å². The fourth-order valence-electron chi connectivity index (χ4n) is 2.19. The Labute approximate surface area is 91.3 Å². The third-order valence-corrected chi connectivity index (χ3v) is 3.32. The topological polar surface area (TPSA) is 32.3 Å². The number of nitrogens with one attached hydrogen (secondary N) is 1. The molecule has 82 valence electrons. The first-order valence-electron chi connectivity index (χ1n) is 5.70. The maximum absolute atomic E-state index is 9.47. The van der Waals surface area contributed by atoms with E-state index in [2.05, 4.69) is 29.6 Å². The van der Waals surface area contributed by atoms with Gasteiger partial charge in [0.15, 0.2) is 0 Å². The highest BCUT2D eigenvalue weighted by atomic mass is 16.3. The monoisotopic (exact) mass is 205 g/mol. The summed E-state index contributed by atoms with van der Waals surface area (Å²) in [7, 11) is 0. The summed E-state index contributed by atoms with van der Waals surface area (Å²) in [5.74, 6) is 0. The van der Waals surface area contributed by atoms with Crippen LogP contribution in [0.25, 0.3) is 0 Å². The van der Waals surface area contributed by atoms with E-state index in [0.717, 1.165) is 12.8 Å². The van der Waals surface area contributed by atoms with E-state index in [1.54, 1.807) is 0 Å². The van der Waals surface area contributed by atoms with Crippen molar-refractivity contribution < 1.29 is 5.11 Å². The molecule has 2 rings (SSSR count). The van der Waals surface area contributed by atoms with Crippen LogP contribution in [0.5, 0.6) is 0 Å². The molecule has 2 N–H and O–H groups in total. The number of aliphatic hydroxyl groups excluding tert-OH is 1. The van der Waals surface area contributed by atoms with E-state index in [1.165, 1.54) is 11.1 Å². The lowest BCUT2D eigenvalue weighted by Crippen LogP contribution is -2.37. The van der Waals surface area contributed by atoms with E-state index in [1.807, 2.05) is 13.8 Å². The summed E-state index contributed by atoms with van der Waals surface area (Å²) in [4.78, 5) is 0. The SMILES string of the molecule is CC(O)C(C)NC1CCc2ccccc21. The molecule has 0 saturated heterocycles. The maximum atomic E-state index is 9.47. The molecule has 2 heteroatoms. The molecule has 0 fully saturated rings. The molecule has 0 spiro atoms. The second-order valence-corrected chi connectivity index (χ2v) is 4.49. The zero-order valence-corrected chi connectivity index (χ0v) is 9.40. The average molecular weight is 205 g/mol. The zero-order chi connectivity index (χ0) is 10.8. The van der Waals surface area contributed by atoms with Crippen LogP contribution in [-0.2, 0) is 6.42 Å². The number of rotatable bonds is 3. The predicted molar refractivity (Wildman–Crippen MR) is 61.8 cm³/mol. The molecule has 3 atom stereocenters. The van der Waals surface area contributed by atoms with Gasteiger partial charge in [-0.25, -0.2) is 0 Å². The summed E-state index contributed by atoms with van der Waals surface area (Å²) in [6.45, 7) is 3.87. The molecule has 0 heterocycles. The molecule has 2 nitrogen and oxygen atoms in total. The molecule has 1 aliphatic carbocycles. The Kier molecular flexibility index (Phi) is 3.08. The highest BCUT2D eigenvalue weighted by Gasteiger charge is 2.23. The van der Waals surface area contributed by atoms with E-state index < -0.39 is 0 Å². The van der Waals surface area contributed by atoms with E-state index >= 15 is 0 Å². The van der Waals surface area contributed by atoms with Crippen LogP contribution < -0.4 is 5.32 Å². The fourth-order valence-corrected chi connectivity index (χ4v) is 2.19. The van der Waals surface area contributed by atoms with Gasteiger partial charge in [0.25, 0.3) is 0 Å². The second-order valence-electron chi connectivity index (χ2n) is 4.49. The number of benzene rings is 1.